The number of rotatable bonds is 4. The molecule has 1 aliphatic heterocycles. The third-order valence-electron chi connectivity index (χ3n) is 5.60. The molecule has 0 atom stereocenters. The van der Waals surface area contributed by atoms with Crippen LogP contribution >= 0.6 is 0 Å². The van der Waals surface area contributed by atoms with Crippen LogP contribution in [0.1, 0.15) is 18.7 Å². The highest BCUT2D eigenvalue weighted by Gasteiger charge is 2.26. The number of carbonyl (C=O) groups is 2. The lowest BCUT2D eigenvalue weighted by atomic mass is 9.96. The number of amides is 2. The minimum atomic E-state index is -0.339. The maximum atomic E-state index is 13.0. The summed E-state index contributed by atoms with van der Waals surface area (Å²) in [6.07, 6.45) is 1.09. The third kappa shape index (κ3) is 3.22. The molecule has 3 aromatic rings. The summed E-state index contributed by atoms with van der Waals surface area (Å²) in [5.74, 6) is 0.557. The van der Waals surface area contributed by atoms with E-state index in [2.05, 4.69) is 5.10 Å². The van der Waals surface area contributed by atoms with Gasteiger partial charge in [0.05, 0.1) is 12.6 Å². The molecule has 9 heteroatoms. The summed E-state index contributed by atoms with van der Waals surface area (Å²) < 4.78 is 8.38. The van der Waals surface area contributed by atoms with Crippen molar-refractivity contribution in [2.24, 2.45) is 11.7 Å². The molecule has 0 saturated carbocycles. The Morgan fingerprint density at radius 1 is 1.24 bits per heavy atom. The zero-order valence-electron chi connectivity index (χ0n) is 16.4. The summed E-state index contributed by atoms with van der Waals surface area (Å²) in [5.41, 5.74) is 6.28. The number of nitrogens with zero attached hydrogens (tertiary/aromatic N) is 4. The molecule has 0 bridgehead atoms. The number of nitrogens with two attached hydrogens (primary N) is 1. The molecule has 1 aliphatic rings. The van der Waals surface area contributed by atoms with Gasteiger partial charge in [-0.05, 0) is 38.0 Å². The molecule has 1 fully saturated rings. The number of hydrogen-bond donors (Lipinski definition) is 1. The highest BCUT2D eigenvalue weighted by molar-refractivity contribution is 5.92. The summed E-state index contributed by atoms with van der Waals surface area (Å²) in [4.78, 5) is 38.7. The molecule has 4 rings (SSSR count). The molecule has 1 aromatic carbocycles. The van der Waals surface area contributed by atoms with Crippen molar-refractivity contribution in [2.75, 3.05) is 20.2 Å². The second-order valence-corrected chi connectivity index (χ2v) is 7.33. The summed E-state index contributed by atoms with van der Waals surface area (Å²) in [6.45, 7) is 2.56. The molecule has 0 unspecified atom stereocenters. The smallest absolute Gasteiger partial charge is 0.291 e. The number of aromatic nitrogens is 3. The fraction of sp³-hybridized carbons (Fsp3) is 0.400. The Balaban J connectivity index is 1.66. The molecule has 2 amide bonds. The summed E-state index contributed by atoms with van der Waals surface area (Å²) in [5, 5.41) is 5.18. The first-order valence-electron chi connectivity index (χ1n) is 9.53. The minimum absolute atomic E-state index is 0.143. The lowest BCUT2D eigenvalue weighted by Gasteiger charge is -2.30. The average Bonchev–Trinajstić information content (AvgIpc) is 3.12. The van der Waals surface area contributed by atoms with E-state index in [1.807, 2.05) is 18.2 Å². The van der Waals surface area contributed by atoms with Crippen LogP contribution in [-0.4, -0.2) is 51.1 Å². The van der Waals surface area contributed by atoms with E-state index in [-0.39, 0.29) is 29.8 Å². The van der Waals surface area contributed by atoms with Gasteiger partial charge in [-0.2, -0.15) is 5.10 Å². The maximum Gasteiger partial charge on any atom is 0.291 e. The van der Waals surface area contributed by atoms with E-state index in [0.29, 0.717) is 43.0 Å². The van der Waals surface area contributed by atoms with Crippen molar-refractivity contribution in [3.8, 4) is 5.75 Å². The van der Waals surface area contributed by atoms with Gasteiger partial charge in [-0.25, -0.2) is 4.68 Å². The van der Waals surface area contributed by atoms with Gasteiger partial charge >= 0.3 is 0 Å². The first-order chi connectivity index (χ1) is 13.9. The molecule has 29 heavy (non-hydrogen) atoms. The number of primary amides is 1. The van der Waals surface area contributed by atoms with E-state index in [4.69, 9.17) is 10.5 Å². The van der Waals surface area contributed by atoms with Crippen LogP contribution in [0.3, 0.4) is 0 Å². The molecule has 0 aliphatic carbocycles. The van der Waals surface area contributed by atoms with Crippen molar-refractivity contribution in [3.05, 3.63) is 40.4 Å². The van der Waals surface area contributed by atoms with Crippen LogP contribution in [0, 0.1) is 12.8 Å². The van der Waals surface area contributed by atoms with Gasteiger partial charge in [0.1, 0.15) is 23.6 Å². The van der Waals surface area contributed by atoms with Gasteiger partial charge in [-0.15, -0.1) is 0 Å². The number of hydrogen-bond acceptors (Lipinski definition) is 5. The number of likely N-dealkylation sites (tertiary alicyclic amines) is 1. The van der Waals surface area contributed by atoms with Crippen molar-refractivity contribution in [1.82, 2.24) is 19.1 Å². The van der Waals surface area contributed by atoms with Crippen LogP contribution in [0.25, 0.3) is 16.4 Å². The molecule has 0 spiro atoms. The number of fused-ring (bicyclic) bond motifs is 3. The molecule has 152 valence electrons. The predicted molar refractivity (Wildman–Crippen MR) is 107 cm³/mol. The van der Waals surface area contributed by atoms with E-state index in [0.717, 1.165) is 10.9 Å². The molecule has 2 aromatic heterocycles. The maximum absolute atomic E-state index is 13.0. The SMILES string of the molecule is COc1cccc2c1cc1c(=O)n(CC(=O)N3CCC(C(N)=O)CC3)nc(C)n12. The minimum Gasteiger partial charge on any atom is -0.496 e. The number of methoxy groups -OCH3 is 1. The van der Waals surface area contributed by atoms with Crippen LogP contribution in [-0.2, 0) is 16.1 Å². The first kappa shape index (κ1) is 19.0. The normalized spacial score (nSPS) is 15.2. The number of carbonyl (C=O) groups excluding carboxylic acids is 2. The van der Waals surface area contributed by atoms with Gasteiger partial charge in [0.15, 0.2) is 0 Å². The van der Waals surface area contributed by atoms with Crippen molar-refractivity contribution in [1.29, 1.82) is 0 Å². The lowest BCUT2D eigenvalue weighted by Crippen LogP contribution is -2.44. The Kier molecular flexibility index (Phi) is 4.73. The quantitative estimate of drug-likeness (QED) is 0.696. The molecule has 1 saturated heterocycles. The van der Waals surface area contributed by atoms with Crippen molar-refractivity contribution in [2.45, 2.75) is 26.3 Å². The fourth-order valence-corrected chi connectivity index (χ4v) is 4.03. The number of benzene rings is 1. The fourth-order valence-electron chi connectivity index (χ4n) is 4.03. The van der Waals surface area contributed by atoms with Gasteiger partial charge in [-0.3, -0.25) is 18.8 Å². The molecule has 2 N–H and O–H groups in total. The first-order valence-corrected chi connectivity index (χ1v) is 9.53. The topological polar surface area (TPSA) is 112 Å². The van der Waals surface area contributed by atoms with E-state index in [1.165, 1.54) is 4.68 Å². The molecule has 9 nitrogen and oxygen atoms in total. The van der Waals surface area contributed by atoms with Gasteiger partial charge in [0.2, 0.25) is 11.8 Å². The highest BCUT2D eigenvalue weighted by atomic mass is 16.5. The summed E-state index contributed by atoms with van der Waals surface area (Å²) >= 11 is 0. The van der Waals surface area contributed by atoms with E-state index in [9.17, 15) is 14.4 Å². The van der Waals surface area contributed by atoms with Crippen LogP contribution in [0.15, 0.2) is 29.1 Å². The number of ether oxygens (including phenoxy) is 1. The zero-order chi connectivity index (χ0) is 20.7. The summed E-state index contributed by atoms with van der Waals surface area (Å²) in [6, 6.07) is 7.36. The second-order valence-electron chi connectivity index (χ2n) is 7.33. The van der Waals surface area contributed by atoms with E-state index < -0.39 is 0 Å². The highest BCUT2D eigenvalue weighted by Crippen LogP contribution is 2.28. The monoisotopic (exact) mass is 397 g/mol. The average molecular weight is 397 g/mol. The Hall–Kier alpha value is -3.36. The number of piperidine rings is 1. The standard InChI is InChI=1S/C20H23N5O4/c1-12-22-24(11-18(26)23-8-6-13(7-9-23)19(21)27)20(28)16-10-14-15(25(12)16)4-3-5-17(14)29-2/h3-5,10,13H,6-9,11H2,1-2H3,(H2,21,27). The van der Waals surface area contributed by atoms with Gasteiger partial charge < -0.3 is 15.4 Å². The largest absolute Gasteiger partial charge is 0.496 e. The van der Waals surface area contributed by atoms with Gasteiger partial charge in [0, 0.05) is 24.4 Å². The van der Waals surface area contributed by atoms with E-state index >= 15 is 0 Å². The lowest BCUT2D eigenvalue weighted by molar-refractivity contribution is -0.135. The Morgan fingerprint density at radius 3 is 2.62 bits per heavy atom. The molecular weight excluding hydrogens is 374 g/mol. The van der Waals surface area contributed by atoms with Gasteiger partial charge in [0.25, 0.3) is 5.56 Å². The van der Waals surface area contributed by atoms with Crippen LogP contribution in [0.4, 0.5) is 0 Å². The molecular formula is C20H23N5O4. The molecule has 3 heterocycles. The van der Waals surface area contributed by atoms with E-state index in [1.54, 1.807) is 29.4 Å². The summed E-state index contributed by atoms with van der Waals surface area (Å²) in [7, 11) is 1.58. The Bertz CT molecular complexity index is 1170. The second kappa shape index (κ2) is 7.23. The van der Waals surface area contributed by atoms with Crippen LogP contribution < -0.4 is 16.0 Å². The van der Waals surface area contributed by atoms with Crippen LogP contribution in [0.5, 0.6) is 5.75 Å². The van der Waals surface area contributed by atoms with Crippen molar-refractivity contribution in [3.63, 3.8) is 0 Å². The van der Waals surface area contributed by atoms with Crippen LogP contribution in [0.2, 0.25) is 0 Å². The molecule has 0 radical (unpaired) electrons. The van der Waals surface area contributed by atoms with Crippen molar-refractivity contribution >= 4 is 28.2 Å². The zero-order valence-corrected chi connectivity index (χ0v) is 16.4. The number of aryl methyl sites for hydroxylation is 1. The Morgan fingerprint density at radius 2 is 1.97 bits per heavy atom. The Labute approximate surface area is 166 Å². The van der Waals surface area contributed by atoms with Crippen molar-refractivity contribution < 1.29 is 14.3 Å². The third-order valence-corrected chi connectivity index (χ3v) is 5.60. The van der Waals surface area contributed by atoms with Gasteiger partial charge in [-0.1, -0.05) is 6.07 Å². The predicted octanol–water partition coefficient (Wildman–Crippen LogP) is 0.690.